The summed E-state index contributed by atoms with van der Waals surface area (Å²) in [6, 6.07) is 6.44. The maximum Gasteiger partial charge on any atom is 0.335 e. The van der Waals surface area contributed by atoms with Crippen molar-refractivity contribution in [3.63, 3.8) is 0 Å². The van der Waals surface area contributed by atoms with E-state index in [1.165, 1.54) is 12.1 Å². The molecule has 0 radical (unpaired) electrons. The highest BCUT2D eigenvalue weighted by atomic mass is 16.4. The van der Waals surface area contributed by atoms with Crippen molar-refractivity contribution in [2.24, 2.45) is 5.73 Å². The number of aromatic carboxylic acids is 1. The van der Waals surface area contributed by atoms with Gasteiger partial charge in [0.05, 0.1) is 11.1 Å². The van der Waals surface area contributed by atoms with Crippen LogP contribution in [-0.4, -0.2) is 22.5 Å². The lowest BCUT2D eigenvalue weighted by atomic mass is 9.99. The van der Waals surface area contributed by atoms with Gasteiger partial charge < -0.3 is 16.2 Å². The van der Waals surface area contributed by atoms with Crippen LogP contribution in [0.25, 0.3) is 0 Å². The van der Waals surface area contributed by atoms with E-state index >= 15 is 0 Å². The third-order valence-corrected chi connectivity index (χ3v) is 2.88. The summed E-state index contributed by atoms with van der Waals surface area (Å²) in [5, 5.41) is 11.5. The van der Waals surface area contributed by atoms with Gasteiger partial charge in [-0.05, 0) is 31.0 Å². The molecule has 1 unspecified atom stereocenters. The second-order valence-corrected chi connectivity index (χ2v) is 4.46. The molecule has 0 saturated heterocycles. The molecule has 0 aromatic heterocycles. The van der Waals surface area contributed by atoms with Crippen LogP contribution in [0.4, 0.5) is 0 Å². The standard InChI is InChI=1S/C13H18N2O3/c1-3-13(2,14)12(18)15-8-9-5-4-6-10(7-9)11(16)17/h4-7H,3,8,14H2,1-2H3,(H,15,18)(H,16,17). The molecule has 0 heterocycles. The van der Waals surface area contributed by atoms with E-state index in [2.05, 4.69) is 5.32 Å². The molecule has 0 saturated carbocycles. The van der Waals surface area contributed by atoms with Gasteiger partial charge in [-0.1, -0.05) is 19.1 Å². The summed E-state index contributed by atoms with van der Waals surface area (Å²) in [5.74, 6) is -1.23. The molecule has 4 N–H and O–H groups in total. The van der Waals surface area contributed by atoms with E-state index in [0.29, 0.717) is 6.42 Å². The van der Waals surface area contributed by atoms with E-state index in [9.17, 15) is 9.59 Å². The summed E-state index contributed by atoms with van der Waals surface area (Å²) in [5.41, 5.74) is 5.83. The van der Waals surface area contributed by atoms with Gasteiger partial charge in [0.25, 0.3) is 0 Å². The van der Waals surface area contributed by atoms with Crippen LogP contribution in [0.3, 0.4) is 0 Å². The number of hydrogen-bond donors (Lipinski definition) is 3. The van der Waals surface area contributed by atoms with Gasteiger partial charge in [0.1, 0.15) is 0 Å². The fourth-order valence-corrected chi connectivity index (χ4v) is 1.36. The number of nitrogens with one attached hydrogen (secondary N) is 1. The van der Waals surface area contributed by atoms with Gasteiger partial charge in [-0.25, -0.2) is 4.79 Å². The van der Waals surface area contributed by atoms with Crippen molar-refractivity contribution in [2.45, 2.75) is 32.4 Å². The number of nitrogens with two attached hydrogens (primary N) is 1. The van der Waals surface area contributed by atoms with Gasteiger partial charge in [0.15, 0.2) is 0 Å². The van der Waals surface area contributed by atoms with Crippen LogP contribution in [0, 0.1) is 0 Å². The zero-order valence-corrected chi connectivity index (χ0v) is 10.6. The maximum absolute atomic E-state index is 11.7. The third kappa shape index (κ3) is 3.56. The molecule has 1 rings (SSSR count). The number of amides is 1. The topological polar surface area (TPSA) is 92.4 Å². The number of hydrogen-bond acceptors (Lipinski definition) is 3. The van der Waals surface area contributed by atoms with Crippen molar-refractivity contribution < 1.29 is 14.7 Å². The predicted octanol–water partition coefficient (Wildman–Crippen LogP) is 1.13. The van der Waals surface area contributed by atoms with Gasteiger partial charge in [-0.2, -0.15) is 0 Å². The molecule has 18 heavy (non-hydrogen) atoms. The second kappa shape index (κ2) is 5.64. The SMILES string of the molecule is CCC(C)(N)C(=O)NCc1cccc(C(=O)O)c1. The third-order valence-electron chi connectivity index (χ3n) is 2.88. The molecular formula is C13H18N2O3. The summed E-state index contributed by atoms with van der Waals surface area (Å²) in [6.07, 6.45) is 0.536. The lowest BCUT2D eigenvalue weighted by Gasteiger charge is -2.21. The number of carbonyl (C=O) groups excluding carboxylic acids is 1. The Morgan fingerprint density at radius 3 is 2.67 bits per heavy atom. The average molecular weight is 250 g/mol. The van der Waals surface area contributed by atoms with E-state index in [0.717, 1.165) is 5.56 Å². The predicted molar refractivity (Wildman–Crippen MR) is 68.1 cm³/mol. The Kier molecular flexibility index (Phi) is 4.44. The van der Waals surface area contributed by atoms with E-state index in [-0.39, 0.29) is 18.0 Å². The first-order valence-corrected chi connectivity index (χ1v) is 5.76. The molecule has 0 aliphatic heterocycles. The Morgan fingerprint density at radius 2 is 2.11 bits per heavy atom. The van der Waals surface area contributed by atoms with Crippen molar-refractivity contribution in [1.82, 2.24) is 5.32 Å². The molecule has 5 nitrogen and oxygen atoms in total. The Balaban J connectivity index is 2.67. The largest absolute Gasteiger partial charge is 0.478 e. The lowest BCUT2D eigenvalue weighted by Crippen LogP contribution is -2.50. The van der Waals surface area contributed by atoms with E-state index in [1.54, 1.807) is 19.1 Å². The van der Waals surface area contributed by atoms with E-state index < -0.39 is 11.5 Å². The molecule has 0 aliphatic carbocycles. The minimum absolute atomic E-state index is 0.202. The van der Waals surface area contributed by atoms with Crippen LogP contribution >= 0.6 is 0 Å². The average Bonchev–Trinajstić information content (AvgIpc) is 2.36. The molecule has 0 aliphatic rings. The monoisotopic (exact) mass is 250 g/mol. The molecule has 0 bridgehead atoms. The highest BCUT2D eigenvalue weighted by molar-refractivity contribution is 5.88. The first kappa shape index (κ1) is 14.2. The molecule has 1 aromatic carbocycles. The van der Waals surface area contributed by atoms with Crippen LogP contribution in [-0.2, 0) is 11.3 Å². The first-order chi connectivity index (χ1) is 8.36. The van der Waals surface area contributed by atoms with E-state index in [4.69, 9.17) is 10.8 Å². The van der Waals surface area contributed by atoms with Crippen LogP contribution in [0.5, 0.6) is 0 Å². The molecule has 0 spiro atoms. The fourth-order valence-electron chi connectivity index (χ4n) is 1.36. The van der Waals surface area contributed by atoms with Gasteiger partial charge >= 0.3 is 5.97 Å². The Morgan fingerprint density at radius 1 is 1.44 bits per heavy atom. The van der Waals surface area contributed by atoms with Gasteiger partial charge in [-0.15, -0.1) is 0 Å². The summed E-state index contributed by atoms with van der Waals surface area (Å²) >= 11 is 0. The normalized spacial score (nSPS) is 13.7. The second-order valence-electron chi connectivity index (χ2n) is 4.46. The molecule has 1 amide bonds. The highest BCUT2D eigenvalue weighted by Gasteiger charge is 2.25. The van der Waals surface area contributed by atoms with Crippen molar-refractivity contribution in [3.8, 4) is 0 Å². The zero-order valence-electron chi connectivity index (χ0n) is 10.6. The minimum Gasteiger partial charge on any atom is -0.478 e. The minimum atomic E-state index is -0.986. The van der Waals surface area contributed by atoms with Crippen molar-refractivity contribution >= 4 is 11.9 Å². The number of rotatable bonds is 5. The van der Waals surface area contributed by atoms with Gasteiger partial charge in [0, 0.05) is 6.54 Å². The maximum atomic E-state index is 11.7. The van der Waals surface area contributed by atoms with Crippen molar-refractivity contribution in [3.05, 3.63) is 35.4 Å². The molecular weight excluding hydrogens is 232 g/mol. The number of carbonyl (C=O) groups is 2. The molecule has 1 aromatic rings. The molecule has 98 valence electrons. The summed E-state index contributed by atoms with van der Waals surface area (Å²) in [4.78, 5) is 22.5. The quantitative estimate of drug-likeness (QED) is 0.730. The van der Waals surface area contributed by atoms with Crippen LogP contribution in [0.1, 0.15) is 36.2 Å². The Hall–Kier alpha value is -1.88. The van der Waals surface area contributed by atoms with Crippen molar-refractivity contribution in [1.29, 1.82) is 0 Å². The van der Waals surface area contributed by atoms with Crippen LogP contribution in [0.15, 0.2) is 24.3 Å². The smallest absolute Gasteiger partial charge is 0.335 e. The lowest BCUT2D eigenvalue weighted by molar-refractivity contribution is -0.126. The van der Waals surface area contributed by atoms with Gasteiger partial charge in [-0.3, -0.25) is 4.79 Å². The first-order valence-electron chi connectivity index (χ1n) is 5.76. The van der Waals surface area contributed by atoms with Crippen molar-refractivity contribution in [2.75, 3.05) is 0 Å². The highest BCUT2D eigenvalue weighted by Crippen LogP contribution is 2.07. The molecule has 1 atom stereocenters. The van der Waals surface area contributed by atoms with Gasteiger partial charge in [0.2, 0.25) is 5.91 Å². The Bertz CT molecular complexity index is 455. The summed E-state index contributed by atoms with van der Waals surface area (Å²) in [6.45, 7) is 3.77. The molecule has 5 heteroatoms. The number of carboxylic acids is 1. The summed E-state index contributed by atoms with van der Waals surface area (Å²) < 4.78 is 0. The Labute approximate surface area is 106 Å². The number of benzene rings is 1. The molecule has 0 fully saturated rings. The van der Waals surface area contributed by atoms with E-state index in [1.807, 2.05) is 6.92 Å². The van der Waals surface area contributed by atoms with Crippen LogP contribution in [0.2, 0.25) is 0 Å². The zero-order chi connectivity index (χ0) is 13.8. The van der Waals surface area contributed by atoms with Crippen LogP contribution < -0.4 is 11.1 Å². The fraction of sp³-hybridized carbons (Fsp3) is 0.385. The summed E-state index contributed by atoms with van der Waals surface area (Å²) in [7, 11) is 0. The number of carboxylic acid groups (broad SMARTS) is 1.